The van der Waals surface area contributed by atoms with Crippen molar-refractivity contribution in [2.24, 2.45) is 0 Å². The third-order valence-electron chi connectivity index (χ3n) is 4.91. The van der Waals surface area contributed by atoms with Gasteiger partial charge in [0.15, 0.2) is 0 Å². The highest BCUT2D eigenvalue weighted by molar-refractivity contribution is 7.16. The van der Waals surface area contributed by atoms with Crippen LogP contribution in [0.5, 0.6) is 5.75 Å². The second kappa shape index (κ2) is 9.89. The first kappa shape index (κ1) is 20.6. The Labute approximate surface area is 171 Å². The molecule has 27 heavy (non-hydrogen) atoms. The van der Waals surface area contributed by atoms with Crippen molar-refractivity contribution in [3.05, 3.63) is 51.2 Å². The zero-order valence-corrected chi connectivity index (χ0v) is 17.7. The van der Waals surface area contributed by atoms with Gasteiger partial charge >= 0.3 is 0 Å². The molecule has 148 valence electrons. The summed E-state index contributed by atoms with van der Waals surface area (Å²) >= 11 is 7.67. The van der Waals surface area contributed by atoms with Gasteiger partial charge in [-0.1, -0.05) is 43.6 Å². The molecule has 0 spiro atoms. The Morgan fingerprint density at radius 2 is 1.78 bits per heavy atom. The van der Waals surface area contributed by atoms with Crippen LogP contribution in [0.2, 0.25) is 4.34 Å². The van der Waals surface area contributed by atoms with E-state index >= 15 is 0 Å². The molecular formula is C21H29ClN2O2S. The van der Waals surface area contributed by atoms with Crippen LogP contribution in [0.15, 0.2) is 36.4 Å². The number of hydrogen-bond acceptors (Lipinski definition) is 5. The Hall–Kier alpha value is -1.11. The van der Waals surface area contributed by atoms with Gasteiger partial charge in [-0.3, -0.25) is 9.80 Å². The van der Waals surface area contributed by atoms with Crippen molar-refractivity contribution in [3.63, 3.8) is 0 Å². The molecule has 1 aliphatic rings. The number of thiophene rings is 1. The molecule has 1 aromatic heterocycles. The van der Waals surface area contributed by atoms with Gasteiger partial charge in [-0.05, 0) is 29.7 Å². The Morgan fingerprint density at radius 3 is 2.44 bits per heavy atom. The minimum absolute atomic E-state index is 0.331. The van der Waals surface area contributed by atoms with Crippen molar-refractivity contribution in [1.29, 1.82) is 0 Å². The number of rotatable bonds is 8. The van der Waals surface area contributed by atoms with Crippen LogP contribution < -0.4 is 4.74 Å². The number of β-amino-alcohol motifs (C(OH)–C–C–N with tert-alkyl or cyclic N) is 1. The normalized spacial score (nSPS) is 17.4. The number of halogens is 1. The van der Waals surface area contributed by atoms with Gasteiger partial charge in [-0.15, -0.1) is 11.3 Å². The lowest BCUT2D eigenvalue weighted by Gasteiger charge is -2.35. The molecule has 1 aromatic carbocycles. The molecule has 0 radical (unpaired) electrons. The van der Waals surface area contributed by atoms with E-state index in [9.17, 15) is 5.11 Å². The van der Waals surface area contributed by atoms with Gasteiger partial charge in [0.2, 0.25) is 0 Å². The van der Waals surface area contributed by atoms with E-state index < -0.39 is 6.10 Å². The van der Waals surface area contributed by atoms with E-state index in [1.54, 1.807) is 11.3 Å². The summed E-state index contributed by atoms with van der Waals surface area (Å²) in [6, 6.07) is 12.2. The predicted molar refractivity (Wildman–Crippen MR) is 113 cm³/mol. The molecule has 0 unspecified atom stereocenters. The number of aliphatic hydroxyl groups is 1. The maximum atomic E-state index is 10.4. The molecule has 3 rings (SSSR count). The average molecular weight is 409 g/mol. The van der Waals surface area contributed by atoms with Gasteiger partial charge in [-0.25, -0.2) is 0 Å². The van der Waals surface area contributed by atoms with Crippen LogP contribution in [0.3, 0.4) is 0 Å². The zero-order valence-electron chi connectivity index (χ0n) is 16.1. The van der Waals surface area contributed by atoms with E-state index in [2.05, 4.69) is 35.8 Å². The van der Waals surface area contributed by atoms with Crippen molar-refractivity contribution in [3.8, 4) is 5.75 Å². The van der Waals surface area contributed by atoms with Gasteiger partial charge in [0.05, 0.1) is 4.34 Å². The highest BCUT2D eigenvalue weighted by atomic mass is 35.5. The Morgan fingerprint density at radius 1 is 1.07 bits per heavy atom. The maximum absolute atomic E-state index is 10.4. The molecule has 1 saturated heterocycles. The van der Waals surface area contributed by atoms with E-state index in [1.807, 2.05) is 24.3 Å². The van der Waals surface area contributed by atoms with Gasteiger partial charge in [-0.2, -0.15) is 0 Å². The number of piperazine rings is 1. The summed E-state index contributed by atoms with van der Waals surface area (Å²) < 4.78 is 6.76. The topological polar surface area (TPSA) is 35.9 Å². The first-order valence-electron chi connectivity index (χ1n) is 9.60. The SMILES string of the molecule is CC(C)c1ccccc1OC[C@@H](O)CN1CCN(Cc2ccc(Cl)s2)CC1. The zero-order chi connectivity index (χ0) is 19.2. The Kier molecular flexibility index (Phi) is 7.56. The Balaban J connectivity index is 1.40. The first-order chi connectivity index (χ1) is 13.0. The summed E-state index contributed by atoms with van der Waals surface area (Å²) in [7, 11) is 0. The lowest BCUT2D eigenvalue weighted by atomic mass is 10.0. The number of aliphatic hydroxyl groups excluding tert-OH is 1. The molecule has 0 aliphatic carbocycles. The van der Waals surface area contributed by atoms with Crippen molar-refractivity contribution < 1.29 is 9.84 Å². The number of para-hydroxylation sites is 1. The van der Waals surface area contributed by atoms with Crippen LogP contribution in [-0.2, 0) is 6.54 Å². The molecule has 1 N–H and O–H groups in total. The standard InChI is InChI=1S/C21H29ClN2O2S/c1-16(2)19-5-3-4-6-20(19)26-15-17(25)13-23-9-11-24(12-10-23)14-18-7-8-21(22)27-18/h3-8,16-17,25H,9-15H2,1-2H3/t17-/m0/s1. The van der Waals surface area contributed by atoms with Crippen molar-refractivity contribution in [1.82, 2.24) is 9.80 Å². The molecule has 1 atom stereocenters. The molecule has 1 aliphatic heterocycles. The first-order valence-corrected chi connectivity index (χ1v) is 10.8. The molecule has 0 bridgehead atoms. The summed E-state index contributed by atoms with van der Waals surface area (Å²) in [4.78, 5) is 6.08. The second-order valence-electron chi connectivity index (χ2n) is 7.44. The highest BCUT2D eigenvalue weighted by Crippen LogP contribution is 2.26. The van der Waals surface area contributed by atoms with Crippen LogP contribution in [0.25, 0.3) is 0 Å². The minimum Gasteiger partial charge on any atom is -0.491 e. The maximum Gasteiger partial charge on any atom is 0.122 e. The lowest BCUT2D eigenvalue weighted by molar-refractivity contribution is 0.0445. The van der Waals surface area contributed by atoms with Crippen LogP contribution in [-0.4, -0.2) is 60.3 Å². The summed E-state index contributed by atoms with van der Waals surface area (Å²) in [5.41, 5.74) is 1.19. The van der Waals surface area contributed by atoms with E-state index in [0.717, 1.165) is 42.8 Å². The summed E-state index contributed by atoms with van der Waals surface area (Å²) in [5.74, 6) is 1.29. The van der Waals surface area contributed by atoms with Gasteiger partial charge < -0.3 is 9.84 Å². The lowest BCUT2D eigenvalue weighted by Crippen LogP contribution is -2.48. The quantitative estimate of drug-likeness (QED) is 0.713. The fourth-order valence-electron chi connectivity index (χ4n) is 3.41. The van der Waals surface area contributed by atoms with E-state index in [1.165, 1.54) is 10.4 Å². The molecule has 6 heteroatoms. The predicted octanol–water partition coefficient (Wildman–Crippen LogP) is 4.08. The molecule has 0 amide bonds. The number of ether oxygens (including phenoxy) is 1. The summed E-state index contributed by atoms with van der Waals surface area (Å²) in [6.45, 7) is 10.2. The summed E-state index contributed by atoms with van der Waals surface area (Å²) in [5, 5.41) is 10.4. The molecule has 2 aromatic rings. The second-order valence-corrected chi connectivity index (χ2v) is 9.24. The van der Waals surface area contributed by atoms with Crippen LogP contribution in [0, 0.1) is 0 Å². The minimum atomic E-state index is -0.479. The Bertz CT molecular complexity index is 714. The van der Waals surface area contributed by atoms with E-state index in [-0.39, 0.29) is 0 Å². The third kappa shape index (κ3) is 6.19. The van der Waals surface area contributed by atoms with E-state index in [4.69, 9.17) is 16.3 Å². The summed E-state index contributed by atoms with van der Waals surface area (Å²) in [6.07, 6.45) is -0.479. The smallest absolute Gasteiger partial charge is 0.122 e. The van der Waals surface area contributed by atoms with Crippen LogP contribution in [0.1, 0.15) is 30.2 Å². The fourth-order valence-corrected chi connectivity index (χ4v) is 4.54. The van der Waals surface area contributed by atoms with Crippen molar-refractivity contribution >= 4 is 22.9 Å². The molecule has 0 saturated carbocycles. The molecular weight excluding hydrogens is 380 g/mol. The monoisotopic (exact) mass is 408 g/mol. The number of nitrogens with zero attached hydrogens (tertiary/aromatic N) is 2. The fraction of sp³-hybridized carbons (Fsp3) is 0.524. The third-order valence-corrected chi connectivity index (χ3v) is 6.13. The van der Waals surface area contributed by atoms with Crippen molar-refractivity contribution in [2.45, 2.75) is 32.4 Å². The van der Waals surface area contributed by atoms with Gasteiger partial charge in [0.25, 0.3) is 0 Å². The number of benzene rings is 1. The number of hydrogen-bond donors (Lipinski definition) is 1. The van der Waals surface area contributed by atoms with Gasteiger partial charge in [0, 0.05) is 44.1 Å². The highest BCUT2D eigenvalue weighted by Gasteiger charge is 2.20. The molecule has 4 nitrogen and oxygen atoms in total. The van der Waals surface area contributed by atoms with Gasteiger partial charge in [0.1, 0.15) is 18.5 Å². The van der Waals surface area contributed by atoms with E-state index in [0.29, 0.717) is 19.1 Å². The van der Waals surface area contributed by atoms with Crippen molar-refractivity contribution in [2.75, 3.05) is 39.3 Å². The largest absolute Gasteiger partial charge is 0.491 e. The van der Waals surface area contributed by atoms with Crippen LogP contribution >= 0.6 is 22.9 Å². The average Bonchev–Trinajstić information content (AvgIpc) is 3.06. The molecule has 2 heterocycles. The van der Waals surface area contributed by atoms with Crippen LogP contribution in [0.4, 0.5) is 0 Å². The molecule has 1 fully saturated rings.